The molecule has 28 heavy (non-hydrogen) atoms. The van der Waals surface area contributed by atoms with Crippen molar-refractivity contribution in [2.45, 2.75) is 30.6 Å². The molecule has 1 saturated heterocycles. The predicted molar refractivity (Wildman–Crippen MR) is 115 cm³/mol. The third-order valence-corrected chi connectivity index (χ3v) is 6.15. The number of rotatable bonds is 4. The van der Waals surface area contributed by atoms with Crippen molar-refractivity contribution in [1.29, 1.82) is 0 Å². The maximum Gasteiger partial charge on any atom is 0.263 e. The van der Waals surface area contributed by atoms with Gasteiger partial charge in [0.25, 0.3) is 11.5 Å². The Morgan fingerprint density at radius 2 is 2.14 bits per heavy atom. The summed E-state index contributed by atoms with van der Waals surface area (Å²) in [5, 5.41) is 7.18. The van der Waals surface area contributed by atoms with Crippen molar-refractivity contribution >= 4 is 42.5 Å². The molecule has 2 N–H and O–H groups in total. The topological polar surface area (TPSA) is 80.9 Å². The van der Waals surface area contributed by atoms with Crippen molar-refractivity contribution in [2.24, 2.45) is 13.0 Å². The quantitative estimate of drug-likeness (QED) is 0.700. The summed E-state index contributed by atoms with van der Waals surface area (Å²) >= 11 is 1.55. The summed E-state index contributed by atoms with van der Waals surface area (Å²) < 4.78 is 3.75. The van der Waals surface area contributed by atoms with Crippen LogP contribution in [0.4, 0.5) is 0 Å². The molecule has 0 saturated carbocycles. The smallest absolute Gasteiger partial charge is 0.263 e. The summed E-state index contributed by atoms with van der Waals surface area (Å²) in [6.07, 6.45) is 4.83. The van der Waals surface area contributed by atoms with Gasteiger partial charge in [0, 0.05) is 31.7 Å². The number of halogens is 2. The Bertz CT molecular complexity index is 914. The van der Waals surface area contributed by atoms with Gasteiger partial charge in [-0.1, -0.05) is 11.8 Å². The number of aromatic nitrogens is 3. The number of hydrogen-bond donors (Lipinski definition) is 2. The molecular formula is C18H25Cl2N5O2S. The Kier molecular flexibility index (Phi) is 7.61. The molecule has 1 amide bonds. The minimum Gasteiger partial charge on any atom is -0.346 e. The van der Waals surface area contributed by atoms with E-state index in [9.17, 15) is 9.59 Å². The SMILES string of the molecule is CSc1ncc(CNC(=O)c2ccc3n(c2=O)C[C@@H]2CNC[C@H]3C2)n1C.Cl.Cl. The molecule has 2 atom stereocenters. The Labute approximate surface area is 180 Å². The van der Waals surface area contributed by atoms with E-state index in [2.05, 4.69) is 15.6 Å². The van der Waals surface area contributed by atoms with Crippen molar-refractivity contribution in [3.05, 3.63) is 45.6 Å². The van der Waals surface area contributed by atoms with Gasteiger partial charge in [0.1, 0.15) is 5.56 Å². The molecule has 1 fully saturated rings. The van der Waals surface area contributed by atoms with E-state index in [4.69, 9.17) is 0 Å². The molecule has 10 heteroatoms. The van der Waals surface area contributed by atoms with Crippen LogP contribution in [0, 0.1) is 5.92 Å². The molecule has 2 aliphatic heterocycles. The van der Waals surface area contributed by atoms with E-state index in [-0.39, 0.29) is 41.8 Å². The maximum absolute atomic E-state index is 12.9. The molecule has 0 aromatic carbocycles. The van der Waals surface area contributed by atoms with Crippen LogP contribution in [0.25, 0.3) is 0 Å². The number of nitrogens with zero attached hydrogens (tertiary/aromatic N) is 3. The molecule has 2 bridgehead atoms. The Balaban J connectivity index is 0.00000140. The number of hydrogen-bond acceptors (Lipinski definition) is 5. The van der Waals surface area contributed by atoms with Gasteiger partial charge in [-0.25, -0.2) is 4.98 Å². The Morgan fingerprint density at radius 3 is 2.86 bits per heavy atom. The molecule has 0 aliphatic carbocycles. The highest BCUT2D eigenvalue weighted by atomic mass is 35.5. The van der Waals surface area contributed by atoms with Crippen molar-refractivity contribution in [2.75, 3.05) is 19.3 Å². The van der Waals surface area contributed by atoms with E-state index in [1.54, 1.807) is 24.0 Å². The number of pyridine rings is 1. The first-order chi connectivity index (χ1) is 12.6. The van der Waals surface area contributed by atoms with Crippen LogP contribution < -0.4 is 16.2 Å². The molecule has 0 radical (unpaired) electrons. The fourth-order valence-electron chi connectivity index (χ4n) is 4.01. The van der Waals surface area contributed by atoms with Crippen molar-refractivity contribution in [3.63, 3.8) is 0 Å². The largest absolute Gasteiger partial charge is 0.346 e. The number of carbonyl (C=O) groups is 1. The molecule has 7 nitrogen and oxygen atoms in total. The molecule has 4 rings (SSSR count). The first kappa shape index (κ1) is 22.8. The third kappa shape index (κ3) is 4.10. The van der Waals surface area contributed by atoms with E-state index in [0.29, 0.717) is 24.9 Å². The number of amides is 1. The molecule has 2 aromatic heterocycles. The average Bonchev–Trinajstić information content (AvgIpc) is 3.00. The predicted octanol–water partition coefficient (Wildman–Crippen LogP) is 1.78. The van der Waals surface area contributed by atoms with E-state index >= 15 is 0 Å². The molecule has 154 valence electrons. The minimum atomic E-state index is -0.328. The van der Waals surface area contributed by atoms with Crippen LogP contribution >= 0.6 is 36.6 Å². The van der Waals surface area contributed by atoms with Crippen molar-refractivity contribution in [1.82, 2.24) is 24.8 Å². The summed E-state index contributed by atoms with van der Waals surface area (Å²) in [5.74, 6) is 0.509. The average molecular weight is 446 g/mol. The molecule has 0 spiro atoms. The van der Waals surface area contributed by atoms with Crippen molar-refractivity contribution < 1.29 is 4.79 Å². The normalized spacial score (nSPS) is 19.8. The summed E-state index contributed by atoms with van der Waals surface area (Å²) in [6.45, 7) is 2.88. The zero-order chi connectivity index (χ0) is 18.3. The van der Waals surface area contributed by atoms with Crippen LogP contribution in [0.1, 0.15) is 34.1 Å². The monoisotopic (exact) mass is 445 g/mol. The zero-order valence-electron chi connectivity index (χ0n) is 15.8. The van der Waals surface area contributed by atoms with Gasteiger partial charge in [-0.2, -0.15) is 0 Å². The van der Waals surface area contributed by atoms with Crippen LogP contribution in [0.15, 0.2) is 28.3 Å². The van der Waals surface area contributed by atoms with Gasteiger partial charge in [0.05, 0.1) is 18.4 Å². The summed E-state index contributed by atoms with van der Waals surface area (Å²) in [5.41, 5.74) is 1.99. The molecule has 0 unspecified atom stereocenters. The number of carbonyl (C=O) groups excluding carboxylic acids is 1. The molecule has 2 aromatic rings. The summed E-state index contributed by atoms with van der Waals surface area (Å²) in [7, 11) is 1.92. The lowest BCUT2D eigenvalue weighted by Crippen LogP contribution is -2.46. The van der Waals surface area contributed by atoms with Crippen LogP contribution in [0.5, 0.6) is 0 Å². The van der Waals surface area contributed by atoms with Crippen LogP contribution in [-0.4, -0.2) is 39.4 Å². The zero-order valence-corrected chi connectivity index (χ0v) is 18.3. The standard InChI is InChI=1S/C18H23N5O2S.2ClH/c1-22-13(9-21-18(22)26-2)8-20-16(24)14-3-4-15-12-5-11(6-19-7-12)10-23(15)17(14)25;;/h3-4,9,11-12,19H,5-8,10H2,1-2H3,(H,20,24);2*1H/t11-,12+;;/m0../s1. The fourth-order valence-corrected chi connectivity index (χ4v) is 4.56. The van der Waals surface area contributed by atoms with E-state index in [0.717, 1.165) is 36.1 Å². The van der Waals surface area contributed by atoms with Gasteiger partial charge in [-0.15, -0.1) is 24.8 Å². The Morgan fingerprint density at radius 1 is 1.36 bits per heavy atom. The lowest BCUT2D eigenvalue weighted by atomic mass is 9.84. The second-order valence-electron chi connectivity index (χ2n) is 7.02. The van der Waals surface area contributed by atoms with Crippen LogP contribution in [0.3, 0.4) is 0 Å². The second kappa shape index (κ2) is 9.35. The van der Waals surface area contributed by atoms with Gasteiger partial charge < -0.3 is 19.8 Å². The van der Waals surface area contributed by atoms with E-state index in [1.165, 1.54) is 0 Å². The first-order valence-electron chi connectivity index (χ1n) is 8.85. The number of piperidine rings is 1. The highest BCUT2D eigenvalue weighted by Crippen LogP contribution is 2.31. The lowest BCUT2D eigenvalue weighted by molar-refractivity contribution is 0.0947. The van der Waals surface area contributed by atoms with Gasteiger partial charge >= 0.3 is 0 Å². The molecular weight excluding hydrogens is 421 g/mol. The Hall–Kier alpha value is -1.48. The summed E-state index contributed by atoms with van der Waals surface area (Å²) in [6, 6.07) is 3.62. The van der Waals surface area contributed by atoms with Gasteiger partial charge in [-0.05, 0) is 37.3 Å². The second-order valence-corrected chi connectivity index (χ2v) is 7.80. The van der Waals surface area contributed by atoms with E-state index < -0.39 is 0 Å². The molecule has 4 heterocycles. The van der Waals surface area contributed by atoms with Gasteiger partial charge in [-0.3, -0.25) is 9.59 Å². The number of fused-ring (bicyclic) bond motifs is 4. The van der Waals surface area contributed by atoms with Crippen molar-refractivity contribution in [3.8, 4) is 0 Å². The number of nitrogens with one attached hydrogen (secondary N) is 2. The highest BCUT2D eigenvalue weighted by Gasteiger charge is 2.31. The fraction of sp³-hybridized carbons (Fsp3) is 0.500. The van der Waals surface area contributed by atoms with Crippen LogP contribution in [-0.2, 0) is 20.1 Å². The third-order valence-electron chi connectivity index (χ3n) is 5.41. The highest BCUT2D eigenvalue weighted by molar-refractivity contribution is 7.98. The van der Waals surface area contributed by atoms with Crippen LogP contribution in [0.2, 0.25) is 0 Å². The summed E-state index contributed by atoms with van der Waals surface area (Å²) in [4.78, 5) is 29.8. The first-order valence-corrected chi connectivity index (χ1v) is 10.1. The van der Waals surface area contributed by atoms with E-state index in [1.807, 2.05) is 28.5 Å². The lowest BCUT2D eigenvalue weighted by Gasteiger charge is -2.37. The number of thioether (sulfide) groups is 1. The maximum atomic E-state index is 12.9. The van der Waals surface area contributed by atoms with Gasteiger partial charge in [0.15, 0.2) is 5.16 Å². The minimum absolute atomic E-state index is 0. The number of imidazole rings is 1. The van der Waals surface area contributed by atoms with Gasteiger partial charge in [0.2, 0.25) is 0 Å². The molecule has 2 aliphatic rings.